The summed E-state index contributed by atoms with van der Waals surface area (Å²) in [6.07, 6.45) is 4.33. The lowest BCUT2D eigenvalue weighted by Crippen LogP contribution is -2.15. The highest BCUT2D eigenvalue weighted by Crippen LogP contribution is 2.23. The first-order valence-corrected chi connectivity index (χ1v) is 6.06. The van der Waals surface area contributed by atoms with Crippen LogP contribution in [0.25, 0.3) is 5.65 Å². The van der Waals surface area contributed by atoms with Gasteiger partial charge in [0.25, 0.3) is 5.56 Å². The summed E-state index contributed by atoms with van der Waals surface area (Å²) in [7, 11) is 0. The molecule has 2 aromatic rings. The number of hydrogen-bond donors (Lipinski definition) is 1. The summed E-state index contributed by atoms with van der Waals surface area (Å²) in [5.74, 6) is 0.421. The number of hydrogen-bond acceptors (Lipinski definition) is 3. The Balaban J connectivity index is 2.24. The van der Waals surface area contributed by atoms with Crippen LogP contribution < -0.4 is 10.3 Å². The van der Waals surface area contributed by atoms with Gasteiger partial charge in [-0.25, -0.2) is 4.52 Å². The fraction of sp³-hybridized carbons (Fsp3) is 0.500. The van der Waals surface area contributed by atoms with Crippen molar-refractivity contribution in [1.29, 1.82) is 0 Å². The van der Waals surface area contributed by atoms with Gasteiger partial charge in [0, 0.05) is 11.3 Å². The van der Waals surface area contributed by atoms with Crippen LogP contribution in [0, 0.1) is 0 Å². The third-order valence-electron chi connectivity index (χ3n) is 3.17. The van der Waals surface area contributed by atoms with Crippen LogP contribution in [0.1, 0.15) is 31.0 Å². The van der Waals surface area contributed by atoms with Gasteiger partial charge in [-0.05, 0) is 32.6 Å². The van der Waals surface area contributed by atoms with Crippen LogP contribution in [0.4, 0.5) is 0 Å². The summed E-state index contributed by atoms with van der Waals surface area (Å²) < 4.78 is 6.84. The summed E-state index contributed by atoms with van der Waals surface area (Å²) in [5, 5.41) is 3.14. The first-order chi connectivity index (χ1) is 8.29. The van der Waals surface area contributed by atoms with Gasteiger partial charge in [-0.3, -0.25) is 9.89 Å². The number of aromatic amines is 1. The minimum atomic E-state index is -0.104. The molecule has 0 radical (unpaired) electrons. The molecule has 0 bridgehead atoms. The molecule has 1 aliphatic carbocycles. The van der Waals surface area contributed by atoms with Crippen LogP contribution >= 0.6 is 0 Å². The average molecular weight is 233 g/mol. The Morgan fingerprint density at radius 1 is 1.47 bits per heavy atom. The fourth-order valence-corrected chi connectivity index (χ4v) is 2.40. The highest BCUT2D eigenvalue weighted by atomic mass is 16.5. The van der Waals surface area contributed by atoms with E-state index in [2.05, 4.69) is 10.1 Å². The van der Waals surface area contributed by atoms with Crippen LogP contribution in [0.3, 0.4) is 0 Å². The highest BCUT2D eigenvalue weighted by molar-refractivity contribution is 5.52. The van der Waals surface area contributed by atoms with Gasteiger partial charge in [-0.1, -0.05) is 0 Å². The summed E-state index contributed by atoms with van der Waals surface area (Å²) in [6, 6.07) is 1.43. The maximum atomic E-state index is 11.9. The standard InChI is InChI=1S/C12H15N3O2/c1-2-17-10-7-11(16)15-12(13-10)8-5-3-4-6-9(8)14-15/h7,14H,2-6H2,1H3. The quantitative estimate of drug-likeness (QED) is 0.850. The SMILES string of the molecule is CCOc1cc(=O)n2[nH]c3c(c2n1)CCCC3. The second kappa shape index (κ2) is 3.91. The minimum Gasteiger partial charge on any atom is -0.478 e. The van der Waals surface area contributed by atoms with Gasteiger partial charge in [0.15, 0.2) is 5.65 Å². The van der Waals surface area contributed by atoms with Crippen molar-refractivity contribution in [3.63, 3.8) is 0 Å². The molecule has 0 spiro atoms. The van der Waals surface area contributed by atoms with E-state index in [0.29, 0.717) is 12.5 Å². The molecule has 90 valence electrons. The van der Waals surface area contributed by atoms with Crippen LogP contribution in [-0.4, -0.2) is 21.2 Å². The summed E-state index contributed by atoms with van der Waals surface area (Å²) >= 11 is 0. The number of fused-ring (bicyclic) bond motifs is 3. The molecule has 0 saturated carbocycles. The van der Waals surface area contributed by atoms with Crippen molar-refractivity contribution >= 4 is 5.65 Å². The first kappa shape index (κ1) is 10.4. The average Bonchev–Trinajstić information content (AvgIpc) is 2.69. The van der Waals surface area contributed by atoms with Gasteiger partial charge in [-0.15, -0.1) is 0 Å². The molecule has 5 nitrogen and oxygen atoms in total. The van der Waals surface area contributed by atoms with Crippen molar-refractivity contribution in [1.82, 2.24) is 14.6 Å². The van der Waals surface area contributed by atoms with E-state index in [1.165, 1.54) is 22.6 Å². The Bertz CT molecular complexity index is 612. The lowest BCUT2D eigenvalue weighted by Gasteiger charge is -2.08. The Hall–Kier alpha value is -1.78. The van der Waals surface area contributed by atoms with Crippen molar-refractivity contribution in [2.75, 3.05) is 6.61 Å². The zero-order valence-corrected chi connectivity index (χ0v) is 9.82. The van der Waals surface area contributed by atoms with Crippen molar-refractivity contribution < 1.29 is 4.74 Å². The normalized spacial score (nSPS) is 14.9. The van der Waals surface area contributed by atoms with Gasteiger partial charge < -0.3 is 4.74 Å². The third-order valence-corrected chi connectivity index (χ3v) is 3.17. The molecule has 0 aliphatic heterocycles. The van der Waals surface area contributed by atoms with Gasteiger partial charge in [0.05, 0.1) is 12.7 Å². The Labute approximate surface area is 98.4 Å². The molecule has 2 heterocycles. The molecule has 1 aliphatic rings. The van der Waals surface area contributed by atoms with Gasteiger partial charge in [-0.2, -0.15) is 4.98 Å². The third kappa shape index (κ3) is 1.62. The molecule has 1 N–H and O–H groups in total. The van der Waals surface area contributed by atoms with Crippen molar-refractivity contribution in [2.24, 2.45) is 0 Å². The zero-order valence-electron chi connectivity index (χ0n) is 9.82. The van der Waals surface area contributed by atoms with Crippen LogP contribution in [-0.2, 0) is 12.8 Å². The van der Waals surface area contributed by atoms with E-state index in [0.717, 1.165) is 30.6 Å². The predicted octanol–water partition coefficient (Wildman–Crippen LogP) is 1.30. The summed E-state index contributed by atoms with van der Waals surface area (Å²) in [4.78, 5) is 16.3. The van der Waals surface area contributed by atoms with Crippen LogP contribution in [0.15, 0.2) is 10.9 Å². The maximum Gasteiger partial charge on any atom is 0.276 e. The smallest absolute Gasteiger partial charge is 0.276 e. The Morgan fingerprint density at radius 2 is 2.29 bits per heavy atom. The van der Waals surface area contributed by atoms with E-state index < -0.39 is 0 Å². The van der Waals surface area contributed by atoms with E-state index in [1.807, 2.05) is 6.92 Å². The molecule has 0 saturated heterocycles. The molecule has 5 heteroatoms. The van der Waals surface area contributed by atoms with E-state index in [9.17, 15) is 4.79 Å². The number of aryl methyl sites for hydroxylation is 2. The first-order valence-electron chi connectivity index (χ1n) is 6.06. The Kier molecular flexibility index (Phi) is 2.39. The summed E-state index contributed by atoms with van der Waals surface area (Å²) in [5.41, 5.74) is 2.95. The van der Waals surface area contributed by atoms with Crippen molar-refractivity contribution in [3.05, 3.63) is 27.7 Å². The predicted molar refractivity (Wildman–Crippen MR) is 63.6 cm³/mol. The van der Waals surface area contributed by atoms with E-state index in [-0.39, 0.29) is 5.56 Å². The largest absolute Gasteiger partial charge is 0.478 e. The van der Waals surface area contributed by atoms with Crippen LogP contribution in [0.2, 0.25) is 0 Å². The molecule has 17 heavy (non-hydrogen) atoms. The topological polar surface area (TPSA) is 59.4 Å². The zero-order chi connectivity index (χ0) is 11.8. The number of ether oxygens (including phenoxy) is 1. The molecule has 0 aromatic carbocycles. The number of H-pyrrole nitrogens is 1. The minimum absolute atomic E-state index is 0.104. The monoisotopic (exact) mass is 233 g/mol. The second-order valence-electron chi connectivity index (χ2n) is 4.30. The molecule has 3 rings (SSSR count). The van der Waals surface area contributed by atoms with Gasteiger partial charge in [0.1, 0.15) is 0 Å². The molecule has 0 amide bonds. The molecule has 0 unspecified atom stereocenters. The second-order valence-corrected chi connectivity index (χ2v) is 4.30. The lowest BCUT2D eigenvalue weighted by molar-refractivity contribution is 0.326. The van der Waals surface area contributed by atoms with E-state index in [4.69, 9.17) is 4.74 Å². The number of nitrogens with zero attached hydrogens (tertiary/aromatic N) is 2. The lowest BCUT2D eigenvalue weighted by atomic mass is 9.98. The van der Waals surface area contributed by atoms with Crippen molar-refractivity contribution in [3.8, 4) is 5.88 Å². The Morgan fingerprint density at radius 3 is 3.12 bits per heavy atom. The van der Waals surface area contributed by atoms with Crippen molar-refractivity contribution in [2.45, 2.75) is 32.6 Å². The number of aromatic nitrogens is 3. The maximum absolute atomic E-state index is 11.9. The van der Waals surface area contributed by atoms with Gasteiger partial charge >= 0.3 is 0 Å². The van der Waals surface area contributed by atoms with E-state index >= 15 is 0 Å². The molecular formula is C12H15N3O2. The molecule has 2 aromatic heterocycles. The van der Waals surface area contributed by atoms with Crippen LogP contribution in [0.5, 0.6) is 5.88 Å². The fourth-order valence-electron chi connectivity index (χ4n) is 2.40. The highest BCUT2D eigenvalue weighted by Gasteiger charge is 2.18. The summed E-state index contributed by atoms with van der Waals surface area (Å²) in [6.45, 7) is 2.41. The molecular weight excluding hydrogens is 218 g/mol. The van der Waals surface area contributed by atoms with Gasteiger partial charge in [0.2, 0.25) is 5.88 Å². The molecule has 0 atom stereocenters. The number of nitrogens with one attached hydrogen (secondary N) is 1. The number of rotatable bonds is 2. The van der Waals surface area contributed by atoms with E-state index in [1.54, 1.807) is 0 Å². The molecule has 0 fully saturated rings.